The van der Waals surface area contributed by atoms with Crippen molar-refractivity contribution in [2.45, 2.75) is 12.5 Å². The molecule has 0 radical (unpaired) electrons. The first kappa shape index (κ1) is 12.9. The van der Waals surface area contributed by atoms with Gasteiger partial charge in [-0.05, 0) is 20.5 Å². The molecule has 1 atom stereocenters. The Bertz CT molecular complexity index is 292. The quantitative estimate of drug-likeness (QED) is 0.676. The minimum Gasteiger partial charge on any atom is -0.318 e. The van der Waals surface area contributed by atoms with Crippen LogP contribution in [-0.2, 0) is 10.0 Å². The minimum absolute atomic E-state index is 0.369. The Morgan fingerprint density at radius 3 is 2.67 bits per heavy atom. The van der Waals surface area contributed by atoms with E-state index in [2.05, 4.69) is 10.2 Å². The molecule has 1 aliphatic heterocycles. The van der Waals surface area contributed by atoms with Crippen LogP contribution in [0.3, 0.4) is 0 Å². The monoisotopic (exact) mass is 235 g/mol. The fourth-order valence-electron chi connectivity index (χ4n) is 1.84. The summed E-state index contributed by atoms with van der Waals surface area (Å²) < 4.78 is 24.2. The standard InChI is InChI=1S/C9H21N3O2S/c1-10-5-7-11(2)9-4-6-12(8-9)15(3,13)14/h9-10H,4-8H2,1-3H3/t9-/m1/s1. The molecule has 0 aromatic heterocycles. The van der Waals surface area contributed by atoms with Gasteiger partial charge >= 0.3 is 0 Å². The van der Waals surface area contributed by atoms with Gasteiger partial charge in [0.1, 0.15) is 0 Å². The fraction of sp³-hybridized carbons (Fsp3) is 1.00. The lowest BCUT2D eigenvalue weighted by Gasteiger charge is -2.24. The lowest BCUT2D eigenvalue weighted by atomic mass is 10.2. The van der Waals surface area contributed by atoms with Gasteiger partial charge in [0.2, 0.25) is 10.0 Å². The molecule has 0 aliphatic carbocycles. The SMILES string of the molecule is CNCCN(C)[C@@H]1CCN(S(C)(=O)=O)C1. The second-order valence-electron chi connectivity index (χ2n) is 4.15. The summed E-state index contributed by atoms with van der Waals surface area (Å²) in [6.45, 7) is 3.19. The molecular formula is C9H21N3O2S. The Morgan fingerprint density at radius 1 is 1.53 bits per heavy atom. The molecule has 1 fully saturated rings. The van der Waals surface area contributed by atoms with E-state index in [4.69, 9.17) is 0 Å². The summed E-state index contributed by atoms with van der Waals surface area (Å²) in [4.78, 5) is 2.22. The molecule has 1 rings (SSSR count). The number of hydrogen-bond acceptors (Lipinski definition) is 4. The van der Waals surface area contributed by atoms with Crippen molar-refractivity contribution >= 4 is 10.0 Å². The number of likely N-dealkylation sites (N-methyl/N-ethyl adjacent to an activating group) is 2. The minimum atomic E-state index is -3.00. The van der Waals surface area contributed by atoms with Crippen LogP contribution in [0.2, 0.25) is 0 Å². The van der Waals surface area contributed by atoms with Crippen molar-refractivity contribution in [2.75, 3.05) is 46.5 Å². The van der Waals surface area contributed by atoms with Crippen molar-refractivity contribution in [1.82, 2.24) is 14.5 Å². The van der Waals surface area contributed by atoms with Crippen LogP contribution in [-0.4, -0.2) is 70.2 Å². The zero-order valence-electron chi connectivity index (χ0n) is 9.73. The highest BCUT2D eigenvalue weighted by Crippen LogP contribution is 2.16. The molecular weight excluding hydrogens is 214 g/mol. The maximum absolute atomic E-state index is 11.3. The molecule has 15 heavy (non-hydrogen) atoms. The predicted molar refractivity (Wildman–Crippen MR) is 61.4 cm³/mol. The van der Waals surface area contributed by atoms with Gasteiger partial charge in [0.25, 0.3) is 0 Å². The Kier molecular flexibility index (Phi) is 4.51. The van der Waals surface area contributed by atoms with Crippen LogP contribution < -0.4 is 5.32 Å². The van der Waals surface area contributed by atoms with Crippen LogP contribution in [0, 0.1) is 0 Å². The number of hydrogen-bond donors (Lipinski definition) is 1. The molecule has 90 valence electrons. The Morgan fingerprint density at radius 2 is 2.20 bits per heavy atom. The van der Waals surface area contributed by atoms with Crippen LogP contribution in [0.1, 0.15) is 6.42 Å². The summed E-state index contributed by atoms with van der Waals surface area (Å²) in [5.74, 6) is 0. The molecule has 1 aliphatic rings. The lowest BCUT2D eigenvalue weighted by Crippen LogP contribution is -2.39. The van der Waals surface area contributed by atoms with E-state index in [1.54, 1.807) is 4.31 Å². The van der Waals surface area contributed by atoms with Crippen molar-refractivity contribution in [3.63, 3.8) is 0 Å². The zero-order chi connectivity index (χ0) is 11.5. The summed E-state index contributed by atoms with van der Waals surface area (Å²) in [6, 6.07) is 0.369. The molecule has 0 aromatic carbocycles. The molecule has 0 unspecified atom stereocenters. The van der Waals surface area contributed by atoms with Gasteiger partial charge in [0.15, 0.2) is 0 Å². The fourth-order valence-corrected chi connectivity index (χ4v) is 2.72. The van der Waals surface area contributed by atoms with Gasteiger partial charge in [-0.2, -0.15) is 0 Å². The number of rotatable bonds is 5. The maximum atomic E-state index is 11.3. The van der Waals surface area contributed by atoms with E-state index in [9.17, 15) is 8.42 Å². The normalized spacial score (nSPS) is 23.9. The highest BCUT2D eigenvalue weighted by atomic mass is 32.2. The van der Waals surface area contributed by atoms with Crippen LogP contribution in [0.4, 0.5) is 0 Å². The third-order valence-electron chi connectivity index (χ3n) is 2.93. The molecule has 0 aromatic rings. The maximum Gasteiger partial charge on any atom is 0.211 e. The summed E-state index contributed by atoms with van der Waals surface area (Å²) in [7, 11) is 0.973. The zero-order valence-corrected chi connectivity index (χ0v) is 10.5. The number of nitrogens with zero attached hydrogens (tertiary/aromatic N) is 2. The number of sulfonamides is 1. The molecule has 5 nitrogen and oxygen atoms in total. The van der Waals surface area contributed by atoms with E-state index >= 15 is 0 Å². The first-order valence-corrected chi connectivity index (χ1v) is 7.10. The predicted octanol–water partition coefficient (Wildman–Crippen LogP) is -0.828. The van der Waals surface area contributed by atoms with Gasteiger partial charge in [-0.25, -0.2) is 12.7 Å². The largest absolute Gasteiger partial charge is 0.318 e. The molecule has 1 saturated heterocycles. The Balaban J connectivity index is 2.42. The van der Waals surface area contributed by atoms with E-state index in [0.717, 1.165) is 19.5 Å². The molecule has 1 N–H and O–H groups in total. The molecule has 0 bridgehead atoms. The summed E-state index contributed by atoms with van der Waals surface area (Å²) >= 11 is 0. The summed E-state index contributed by atoms with van der Waals surface area (Å²) in [5.41, 5.74) is 0. The van der Waals surface area contributed by atoms with E-state index in [0.29, 0.717) is 19.1 Å². The van der Waals surface area contributed by atoms with Crippen molar-refractivity contribution in [3.8, 4) is 0 Å². The molecule has 0 amide bonds. The number of nitrogens with one attached hydrogen (secondary N) is 1. The van der Waals surface area contributed by atoms with Crippen molar-refractivity contribution < 1.29 is 8.42 Å². The van der Waals surface area contributed by atoms with E-state index < -0.39 is 10.0 Å². The van der Waals surface area contributed by atoms with Crippen LogP contribution in [0.15, 0.2) is 0 Å². The third-order valence-corrected chi connectivity index (χ3v) is 4.20. The molecule has 6 heteroatoms. The van der Waals surface area contributed by atoms with Crippen molar-refractivity contribution in [2.24, 2.45) is 0 Å². The lowest BCUT2D eigenvalue weighted by molar-refractivity contribution is 0.252. The first-order chi connectivity index (χ1) is 6.95. The van der Waals surface area contributed by atoms with Gasteiger partial charge < -0.3 is 10.2 Å². The smallest absolute Gasteiger partial charge is 0.211 e. The van der Waals surface area contributed by atoms with Gasteiger partial charge in [-0.15, -0.1) is 0 Å². The second-order valence-corrected chi connectivity index (χ2v) is 6.13. The van der Waals surface area contributed by atoms with Crippen LogP contribution >= 0.6 is 0 Å². The molecule has 1 heterocycles. The Labute approximate surface area is 92.5 Å². The van der Waals surface area contributed by atoms with Crippen LogP contribution in [0.25, 0.3) is 0 Å². The van der Waals surface area contributed by atoms with E-state index in [-0.39, 0.29) is 0 Å². The van der Waals surface area contributed by atoms with Crippen molar-refractivity contribution in [1.29, 1.82) is 0 Å². The van der Waals surface area contributed by atoms with Crippen molar-refractivity contribution in [3.05, 3.63) is 0 Å². The average molecular weight is 235 g/mol. The average Bonchev–Trinajstić information content (AvgIpc) is 2.62. The van der Waals surface area contributed by atoms with Gasteiger partial charge in [0.05, 0.1) is 6.26 Å². The third kappa shape index (κ3) is 3.71. The van der Waals surface area contributed by atoms with Gasteiger partial charge in [0, 0.05) is 32.2 Å². The van der Waals surface area contributed by atoms with E-state index in [1.165, 1.54) is 6.26 Å². The van der Waals surface area contributed by atoms with Gasteiger partial charge in [-0.3, -0.25) is 0 Å². The Hall–Kier alpha value is -0.170. The molecule has 0 spiro atoms. The topological polar surface area (TPSA) is 52.6 Å². The van der Waals surface area contributed by atoms with Crippen LogP contribution in [0.5, 0.6) is 0 Å². The molecule has 0 saturated carbocycles. The highest BCUT2D eigenvalue weighted by molar-refractivity contribution is 7.88. The van der Waals surface area contributed by atoms with Gasteiger partial charge in [-0.1, -0.05) is 0 Å². The first-order valence-electron chi connectivity index (χ1n) is 5.25. The van der Waals surface area contributed by atoms with E-state index in [1.807, 2.05) is 14.1 Å². The second kappa shape index (κ2) is 5.25. The summed E-state index contributed by atoms with van der Waals surface area (Å²) in [5, 5.41) is 3.09. The highest BCUT2D eigenvalue weighted by Gasteiger charge is 2.30. The summed E-state index contributed by atoms with van der Waals surface area (Å²) in [6.07, 6.45) is 2.22.